The van der Waals surface area contributed by atoms with Gasteiger partial charge < -0.3 is 5.32 Å². The Morgan fingerprint density at radius 1 is 1.16 bits per heavy atom. The van der Waals surface area contributed by atoms with Crippen molar-refractivity contribution in [3.05, 3.63) is 64.7 Å². The molecule has 0 saturated heterocycles. The molecule has 96 valence electrons. The van der Waals surface area contributed by atoms with Gasteiger partial charge in [-0.05, 0) is 23.8 Å². The third-order valence-electron chi connectivity index (χ3n) is 2.62. The van der Waals surface area contributed by atoms with E-state index in [9.17, 15) is 9.59 Å². The molecule has 3 nitrogen and oxygen atoms in total. The number of nitrogens with one attached hydrogen (secondary N) is 1. The molecule has 0 atom stereocenters. The summed E-state index contributed by atoms with van der Waals surface area (Å²) in [7, 11) is 0. The predicted molar refractivity (Wildman–Crippen MR) is 75.6 cm³/mol. The van der Waals surface area contributed by atoms with Crippen molar-refractivity contribution < 1.29 is 9.59 Å². The van der Waals surface area contributed by atoms with E-state index in [-0.39, 0.29) is 12.3 Å². The summed E-state index contributed by atoms with van der Waals surface area (Å²) in [5.41, 5.74) is 1.89. The zero-order valence-corrected chi connectivity index (χ0v) is 10.9. The highest BCUT2D eigenvalue weighted by atomic mass is 35.5. The van der Waals surface area contributed by atoms with Crippen molar-refractivity contribution >= 4 is 29.5 Å². The zero-order valence-electron chi connectivity index (χ0n) is 10.1. The van der Waals surface area contributed by atoms with Crippen LogP contribution in [0.25, 0.3) is 0 Å². The van der Waals surface area contributed by atoms with Crippen LogP contribution in [0, 0.1) is 0 Å². The summed E-state index contributed by atoms with van der Waals surface area (Å²) < 4.78 is 0. The molecular weight excluding hydrogens is 262 g/mol. The Bertz CT molecular complexity index is 611. The third-order valence-corrected chi connectivity index (χ3v) is 2.98. The Hall–Kier alpha value is -2.13. The van der Waals surface area contributed by atoms with E-state index in [4.69, 9.17) is 11.6 Å². The Morgan fingerprint density at radius 2 is 1.95 bits per heavy atom. The monoisotopic (exact) mass is 273 g/mol. The van der Waals surface area contributed by atoms with Crippen LogP contribution in [-0.4, -0.2) is 12.2 Å². The predicted octanol–water partition coefficient (Wildman–Crippen LogP) is 3.33. The van der Waals surface area contributed by atoms with E-state index in [0.29, 0.717) is 16.3 Å². The number of carbonyl (C=O) groups is 2. The highest BCUT2D eigenvalue weighted by Gasteiger charge is 2.07. The van der Waals surface area contributed by atoms with E-state index in [2.05, 4.69) is 5.32 Å². The molecule has 0 bridgehead atoms. The number of hydrogen-bond acceptors (Lipinski definition) is 2. The van der Waals surface area contributed by atoms with Gasteiger partial charge in [-0.1, -0.05) is 41.9 Å². The number of aldehydes is 1. The van der Waals surface area contributed by atoms with Gasteiger partial charge in [0.25, 0.3) is 0 Å². The number of carbonyl (C=O) groups excluding carboxylic acids is 2. The second-order valence-corrected chi connectivity index (χ2v) is 4.47. The summed E-state index contributed by atoms with van der Waals surface area (Å²) in [6.07, 6.45) is 0.939. The number of benzene rings is 2. The van der Waals surface area contributed by atoms with Gasteiger partial charge in [0.15, 0.2) is 0 Å². The van der Waals surface area contributed by atoms with Crippen molar-refractivity contribution in [3.8, 4) is 0 Å². The molecule has 2 aromatic carbocycles. The Balaban J connectivity index is 2.05. The first-order chi connectivity index (χ1) is 9.19. The summed E-state index contributed by atoms with van der Waals surface area (Å²) in [5, 5.41) is 3.30. The fraction of sp³-hybridized carbons (Fsp3) is 0.0667. The van der Waals surface area contributed by atoms with Crippen LogP contribution >= 0.6 is 11.6 Å². The highest BCUT2D eigenvalue weighted by molar-refractivity contribution is 6.31. The number of anilines is 1. The second-order valence-electron chi connectivity index (χ2n) is 4.06. The first-order valence-electron chi connectivity index (χ1n) is 5.77. The zero-order chi connectivity index (χ0) is 13.7. The molecule has 0 radical (unpaired) electrons. The molecule has 1 N–H and O–H groups in total. The average molecular weight is 274 g/mol. The molecule has 1 amide bonds. The number of rotatable bonds is 4. The van der Waals surface area contributed by atoms with Gasteiger partial charge in [-0.15, -0.1) is 0 Å². The third kappa shape index (κ3) is 3.66. The molecule has 0 fully saturated rings. The highest BCUT2D eigenvalue weighted by Crippen LogP contribution is 2.16. The van der Waals surface area contributed by atoms with Crippen molar-refractivity contribution in [3.63, 3.8) is 0 Å². The van der Waals surface area contributed by atoms with E-state index < -0.39 is 0 Å². The largest absolute Gasteiger partial charge is 0.326 e. The van der Waals surface area contributed by atoms with Crippen LogP contribution in [-0.2, 0) is 11.2 Å². The van der Waals surface area contributed by atoms with E-state index >= 15 is 0 Å². The van der Waals surface area contributed by atoms with E-state index in [1.807, 2.05) is 18.2 Å². The summed E-state index contributed by atoms with van der Waals surface area (Å²) >= 11 is 5.99. The van der Waals surface area contributed by atoms with Gasteiger partial charge in [0.2, 0.25) is 5.91 Å². The fourth-order valence-electron chi connectivity index (χ4n) is 1.71. The Kier molecular flexibility index (Phi) is 4.31. The summed E-state index contributed by atoms with van der Waals surface area (Å²) in [5.74, 6) is -0.170. The minimum absolute atomic E-state index is 0.170. The minimum Gasteiger partial charge on any atom is -0.326 e. The quantitative estimate of drug-likeness (QED) is 0.869. The molecule has 19 heavy (non-hydrogen) atoms. The van der Waals surface area contributed by atoms with Crippen molar-refractivity contribution in [1.82, 2.24) is 0 Å². The average Bonchev–Trinajstić information content (AvgIpc) is 2.41. The van der Waals surface area contributed by atoms with Crippen molar-refractivity contribution in [2.45, 2.75) is 6.42 Å². The molecule has 0 unspecified atom stereocenters. The molecule has 0 saturated carbocycles. The van der Waals surface area contributed by atoms with Crippen LogP contribution in [0.4, 0.5) is 5.69 Å². The van der Waals surface area contributed by atoms with Gasteiger partial charge in [-0.25, -0.2) is 0 Å². The van der Waals surface area contributed by atoms with Gasteiger partial charge >= 0.3 is 0 Å². The summed E-state index contributed by atoms with van der Waals surface area (Å²) in [6.45, 7) is 0. The van der Waals surface area contributed by atoms with Crippen LogP contribution in [0.1, 0.15) is 15.9 Å². The van der Waals surface area contributed by atoms with Gasteiger partial charge in [-0.3, -0.25) is 9.59 Å². The Labute approximate surface area is 116 Å². The lowest BCUT2D eigenvalue weighted by molar-refractivity contribution is -0.115. The topological polar surface area (TPSA) is 46.2 Å². The maximum absolute atomic E-state index is 11.9. The lowest BCUT2D eigenvalue weighted by atomic mass is 10.1. The minimum atomic E-state index is -0.170. The molecule has 0 aliphatic carbocycles. The Morgan fingerprint density at radius 3 is 2.68 bits per heavy atom. The molecule has 0 spiro atoms. The number of amides is 1. The van der Waals surface area contributed by atoms with Gasteiger partial charge in [0, 0.05) is 16.3 Å². The molecule has 0 heterocycles. The molecule has 2 rings (SSSR count). The first kappa shape index (κ1) is 13.3. The van der Waals surface area contributed by atoms with E-state index in [0.717, 1.165) is 11.8 Å². The standard InChI is InChI=1S/C15H12ClNO2/c16-14-7-2-1-5-12(14)9-15(19)17-13-6-3-4-11(8-13)10-18/h1-8,10H,9H2,(H,17,19). The van der Waals surface area contributed by atoms with Crippen LogP contribution in [0.2, 0.25) is 5.02 Å². The van der Waals surface area contributed by atoms with Crippen molar-refractivity contribution in [2.24, 2.45) is 0 Å². The van der Waals surface area contributed by atoms with Crippen LogP contribution in [0.5, 0.6) is 0 Å². The lowest BCUT2D eigenvalue weighted by Gasteiger charge is -2.06. The maximum atomic E-state index is 11.9. The normalized spacial score (nSPS) is 9.95. The molecule has 0 aliphatic heterocycles. The summed E-state index contributed by atoms with van der Waals surface area (Å²) in [4.78, 5) is 22.5. The van der Waals surface area contributed by atoms with E-state index in [1.165, 1.54) is 0 Å². The second kappa shape index (κ2) is 6.16. The fourth-order valence-corrected chi connectivity index (χ4v) is 1.91. The van der Waals surface area contributed by atoms with Crippen LogP contribution in [0.15, 0.2) is 48.5 Å². The smallest absolute Gasteiger partial charge is 0.228 e. The first-order valence-corrected chi connectivity index (χ1v) is 6.15. The maximum Gasteiger partial charge on any atom is 0.228 e. The van der Waals surface area contributed by atoms with Gasteiger partial charge in [0.05, 0.1) is 6.42 Å². The molecule has 2 aromatic rings. The number of halogens is 1. The number of hydrogen-bond donors (Lipinski definition) is 1. The lowest BCUT2D eigenvalue weighted by Crippen LogP contribution is -2.14. The van der Waals surface area contributed by atoms with Crippen molar-refractivity contribution in [1.29, 1.82) is 0 Å². The van der Waals surface area contributed by atoms with Crippen molar-refractivity contribution in [2.75, 3.05) is 5.32 Å². The van der Waals surface area contributed by atoms with Gasteiger partial charge in [-0.2, -0.15) is 0 Å². The molecule has 0 aromatic heterocycles. The SMILES string of the molecule is O=Cc1cccc(NC(=O)Cc2ccccc2Cl)c1. The van der Waals surface area contributed by atoms with E-state index in [1.54, 1.807) is 30.3 Å². The molecule has 0 aliphatic rings. The van der Waals surface area contributed by atoms with Crippen LogP contribution in [0.3, 0.4) is 0 Å². The molecule has 4 heteroatoms. The summed E-state index contributed by atoms with van der Waals surface area (Å²) in [6, 6.07) is 14.0. The molecular formula is C15H12ClNO2. The van der Waals surface area contributed by atoms with Crippen LogP contribution < -0.4 is 5.32 Å². The van der Waals surface area contributed by atoms with Gasteiger partial charge in [0.1, 0.15) is 6.29 Å².